The van der Waals surface area contributed by atoms with Crippen LogP contribution < -0.4 is 0 Å². The average Bonchev–Trinajstić information content (AvgIpc) is 2.66. The van der Waals surface area contributed by atoms with Crippen molar-refractivity contribution in [2.24, 2.45) is 0 Å². The molecule has 1 unspecified atom stereocenters. The standard InChI is InChI=1S/C12H18O2S/c1-10-5-6-11(15-10)7-9-14-12-4-2-3-8-13-12/h5-6,12H,2-4,7-9H2,1H3. The molecule has 1 atom stereocenters. The number of hydrogen-bond acceptors (Lipinski definition) is 3. The SMILES string of the molecule is Cc1ccc(CCOC2CCCCO2)s1. The van der Waals surface area contributed by atoms with Crippen LogP contribution in [0.5, 0.6) is 0 Å². The van der Waals surface area contributed by atoms with Crippen molar-refractivity contribution in [2.75, 3.05) is 13.2 Å². The molecule has 0 spiro atoms. The van der Waals surface area contributed by atoms with E-state index in [4.69, 9.17) is 9.47 Å². The lowest BCUT2D eigenvalue weighted by molar-refractivity contribution is -0.161. The Morgan fingerprint density at radius 2 is 2.40 bits per heavy atom. The van der Waals surface area contributed by atoms with Gasteiger partial charge in [0.05, 0.1) is 6.61 Å². The summed E-state index contributed by atoms with van der Waals surface area (Å²) in [5.41, 5.74) is 0. The van der Waals surface area contributed by atoms with Gasteiger partial charge in [-0.05, 0) is 38.3 Å². The van der Waals surface area contributed by atoms with Crippen molar-refractivity contribution in [3.8, 4) is 0 Å². The highest BCUT2D eigenvalue weighted by atomic mass is 32.1. The van der Waals surface area contributed by atoms with E-state index in [1.807, 2.05) is 11.3 Å². The van der Waals surface area contributed by atoms with Gasteiger partial charge in [-0.25, -0.2) is 0 Å². The summed E-state index contributed by atoms with van der Waals surface area (Å²) in [5.74, 6) is 0. The second-order valence-electron chi connectivity index (χ2n) is 3.93. The fraction of sp³-hybridized carbons (Fsp3) is 0.667. The molecule has 0 aromatic carbocycles. The van der Waals surface area contributed by atoms with Crippen LogP contribution >= 0.6 is 11.3 Å². The molecule has 84 valence electrons. The molecule has 0 N–H and O–H groups in total. The summed E-state index contributed by atoms with van der Waals surface area (Å²) in [6, 6.07) is 4.35. The third-order valence-corrected chi connectivity index (χ3v) is 3.65. The Balaban J connectivity index is 1.65. The Morgan fingerprint density at radius 3 is 3.07 bits per heavy atom. The maximum absolute atomic E-state index is 5.68. The minimum absolute atomic E-state index is 0.0554. The fourth-order valence-electron chi connectivity index (χ4n) is 1.75. The van der Waals surface area contributed by atoms with E-state index < -0.39 is 0 Å². The second-order valence-corrected chi connectivity index (χ2v) is 5.30. The van der Waals surface area contributed by atoms with Crippen LogP contribution in [-0.2, 0) is 15.9 Å². The number of aryl methyl sites for hydroxylation is 1. The lowest BCUT2D eigenvalue weighted by atomic mass is 10.2. The molecular weight excluding hydrogens is 208 g/mol. The van der Waals surface area contributed by atoms with Crippen molar-refractivity contribution in [2.45, 2.75) is 38.9 Å². The van der Waals surface area contributed by atoms with Gasteiger partial charge in [-0.2, -0.15) is 0 Å². The van der Waals surface area contributed by atoms with Crippen LogP contribution in [0.3, 0.4) is 0 Å². The van der Waals surface area contributed by atoms with Gasteiger partial charge in [0.25, 0.3) is 0 Å². The smallest absolute Gasteiger partial charge is 0.157 e. The summed E-state index contributed by atoms with van der Waals surface area (Å²) in [6.45, 7) is 3.78. The lowest BCUT2D eigenvalue weighted by Crippen LogP contribution is -2.23. The Labute approximate surface area is 95.2 Å². The first-order chi connectivity index (χ1) is 7.34. The molecule has 0 saturated carbocycles. The molecule has 2 nitrogen and oxygen atoms in total. The minimum atomic E-state index is 0.0554. The topological polar surface area (TPSA) is 18.5 Å². The van der Waals surface area contributed by atoms with Crippen LogP contribution in [0.25, 0.3) is 0 Å². The maximum Gasteiger partial charge on any atom is 0.157 e. The molecule has 1 aliphatic heterocycles. The minimum Gasteiger partial charge on any atom is -0.353 e. The Hall–Kier alpha value is -0.380. The Kier molecular flexibility index (Phi) is 4.18. The third-order valence-electron chi connectivity index (χ3n) is 2.59. The molecule has 1 fully saturated rings. The second kappa shape index (κ2) is 5.64. The van der Waals surface area contributed by atoms with Crippen molar-refractivity contribution in [3.05, 3.63) is 21.9 Å². The van der Waals surface area contributed by atoms with Crippen molar-refractivity contribution in [3.63, 3.8) is 0 Å². The van der Waals surface area contributed by atoms with E-state index in [1.54, 1.807) is 0 Å². The Bertz CT molecular complexity index is 290. The van der Waals surface area contributed by atoms with Crippen molar-refractivity contribution in [1.29, 1.82) is 0 Å². The van der Waals surface area contributed by atoms with Gasteiger partial charge >= 0.3 is 0 Å². The fourth-order valence-corrected chi connectivity index (χ4v) is 2.62. The van der Waals surface area contributed by atoms with E-state index in [0.29, 0.717) is 0 Å². The number of ether oxygens (including phenoxy) is 2. The molecule has 1 aromatic rings. The number of rotatable bonds is 4. The molecule has 2 rings (SSSR count). The summed E-state index contributed by atoms with van der Waals surface area (Å²) in [7, 11) is 0. The van der Waals surface area contributed by atoms with Crippen LogP contribution in [0, 0.1) is 6.92 Å². The van der Waals surface area contributed by atoms with E-state index in [2.05, 4.69) is 19.1 Å². The zero-order valence-electron chi connectivity index (χ0n) is 9.20. The van der Waals surface area contributed by atoms with Crippen molar-refractivity contribution >= 4 is 11.3 Å². The van der Waals surface area contributed by atoms with Gasteiger partial charge in [-0.1, -0.05) is 0 Å². The summed E-state index contributed by atoms with van der Waals surface area (Å²) in [6.07, 6.45) is 4.55. The molecule has 0 amide bonds. The van der Waals surface area contributed by atoms with Crippen LogP contribution in [0.2, 0.25) is 0 Å². The Morgan fingerprint density at radius 1 is 1.47 bits per heavy atom. The number of thiophene rings is 1. The van der Waals surface area contributed by atoms with Gasteiger partial charge in [-0.3, -0.25) is 0 Å². The third kappa shape index (κ3) is 3.59. The number of hydrogen-bond donors (Lipinski definition) is 0. The molecule has 0 aliphatic carbocycles. The zero-order valence-corrected chi connectivity index (χ0v) is 10.0. The first-order valence-corrected chi connectivity index (χ1v) is 6.45. The quantitative estimate of drug-likeness (QED) is 0.785. The lowest BCUT2D eigenvalue weighted by Gasteiger charge is -2.22. The van der Waals surface area contributed by atoms with Crippen molar-refractivity contribution in [1.82, 2.24) is 0 Å². The highest BCUT2D eigenvalue weighted by molar-refractivity contribution is 7.11. The van der Waals surface area contributed by atoms with Gasteiger partial charge in [0.2, 0.25) is 0 Å². The van der Waals surface area contributed by atoms with Gasteiger partial charge < -0.3 is 9.47 Å². The van der Waals surface area contributed by atoms with E-state index in [0.717, 1.165) is 26.1 Å². The van der Waals surface area contributed by atoms with Gasteiger partial charge in [0, 0.05) is 22.8 Å². The molecule has 0 radical (unpaired) electrons. The predicted octanol–water partition coefficient (Wildman–Crippen LogP) is 3.14. The monoisotopic (exact) mass is 226 g/mol. The van der Waals surface area contributed by atoms with E-state index >= 15 is 0 Å². The highest BCUT2D eigenvalue weighted by Gasteiger charge is 2.13. The molecule has 1 saturated heterocycles. The zero-order chi connectivity index (χ0) is 10.5. The average molecular weight is 226 g/mol. The predicted molar refractivity (Wildman–Crippen MR) is 62.3 cm³/mol. The van der Waals surface area contributed by atoms with Crippen LogP contribution in [-0.4, -0.2) is 19.5 Å². The first kappa shape index (κ1) is 11.1. The molecule has 3 heteroatoms. The molecule has 15 heavy (non-hydrogen) atoms. The summed E-state index contributed by atoms with van der Waals surface area (Å²) in [5, 5.41) is 0. The van der Waals surface area contributed by atoms with Crippen molar-refractivity contribution < 1.29 is 9.47 Å². The van der Waals surface area contributed by atoms with Crippen LogP contribution in [0.4, 0.5) is 0 Å². The van der Waals surface area contributed by atoms with Crippen LogP contribution in [0.15, 0.2) is 12.1 Å². The normalized spacial score (nSPS) is 21.8. The largest absolute Gasteiger partial charge is 0.353 e. The molecule has 1 aromatic heterocycles. The molecule has 0 bridgehead atoms. The van der Waals surface area contributed by atoms with Crippen LogP contribution in [0.1, 0.15) is 29.0 Å². The molecule has 1 aliphatic rings. The summed E-state index contributed by atoms with van der Waals surface area (Å²) >= 11 is 1.85. The summed E-state index contributed by atoms with van der Waals surface area (Å²) in [4.78, 5) is 2.78. The van der Waals surface area contributed by atoms with E-state index in [-0.39, 0.29) is 6.29 Å². The highest BCUT2D eigenvalue weighted by Crippen LogP contribution is 2.17. The van der Waals surface area contributed by atoms with E-state index in [9.17, 15) is 0 Å². The molecular formula is C12H18O2S. The van der Waals surface area contributed by atoms with E-state index in [1.165, 1.54) is 22.6 Å². The van der Waals surface area contributed by atoms with Gasteiger partial charge in [0.15, 0.2) is 6.29 Å². The first-order valence-electron chi connectivity index (χ1n) is 5.63. The van der Waals surface area contributed by atoms with Gasteiger partial charge in [-0.15, -0.1) is 11.3 Å². The maximum atomic E-state index is 5.68. The molecule has 2 heterocycles. The summed E-state index contributed by atoms with van der Waals surface area (Å²) < 4.78 is 11.2. The van der Waals surface area contributed by atoms with Gasteiger partial charge in [0.1, 0.15) is 0 Å².